The Morgan fingerprint density at radius 2 is 1.86 bits per heavy atom. The molecule has 3 rings (SSSR count). The molecule has 0 saturated heterocycles. The number of ketones is 1. The Bertz CT molecular complexity index is 826. The second-order valence-electron chi connectivity index (χ2n) is 7.54. The van der Waals surface area contributed by atoms with Gasteiger partial charge in [0.05, 0.1) is 5.75 Å². The average Bonchev–Trinajstić information content (AvgIpc) is 3.14. The van der Waals surface area contributed by atoms with E-state index in [0.717, 1.165) is 23.1 Å². The highest BCUT2D eigenvalue weighted by atomic mass is 32.2. The van der Waals surface area contributed by atoms with Crippen molar-refractivity contribution in [2.75, 3.05) is 12.3 Å². The molecule has 0 radical (unpaired) electrons. The van der Waals surface area contributed by atoms with Crippen molar-refractivity contribution in [2.45, 2.75) is 70.0 Å². The quantitative estimate of drug-likeness (QED) is 0.496. The molecule has 1 aliphatic rings. The van der Waals surface area contributed by atoms with Gasteiger partial charge in [0.25, 0.3) is 0 Å². The maximum atomic E-state index is 12.6. The van der Waals surface area contributed by atoms with Gasteiger partial charge in [-0.3, -0.25) is 9.59 Å². The van der Waals surface area contributed by atoms with E-state index in [1.807, 2.05) is 23.6 Å². The molecular weight excluding hydrogens is 384 g/mol. The molecule has 1 N–H and O–H groups in total. The molecule has 1 amide bonds. The van der Waals surface area contributed by atoms with Gasteiger partial charge in [0.15, 0.2) is 10.9 Å². The Balaban J connectivity index is 1.56. The van der Waals surface area contributed by atoms with Crippen LogP contribution in [0.1, 0.15) is 73.6 Å². The fourth-order valence-corrected chi connectivity index (χ4v) is 4.78. The summed E-state index contributed by atoms with van der Waals surface area (Å²) in [4.78, 5) is 23.7. The summed E-state index contributed by atoms with van der Waals surface area (Å²) in [7, 11) is 0. The molecule has 1 saturated carbocycles. The number of aromatic nitrogens is 3. The average molecular weight is 415 g/mol. The number of carbonyl (C=O) groups excluding carboxylic acids is 2. The summed E-state index contributed by atoms with van der Waals surface area (Å²) in [6.45, 7) is 4.79. The molecule has 1 aromatic carbocycles. The van der Waals surface area contributed by atoms with E-state index in [9.17, 15) is 9.59 Å². The number of rotatable bonds is 9. The molecule has 6 nitrogen and oxygen atoms in total. The van der Waals surface area contributed by atoms with E-state index in [1.54, 1.807) is 0 Å². The van der Waals surface area contributed by atoms with Crippen LogP contribution in [-0.2, 0) is 17.8 Å². The molecule has 0 aliphatic heterocycles. The van der Waals surface area contributed by atoms with Gasteiger partial charge >= 0.3 is 0 Å². The van der Waals surface area contributed by atoms with Gasteiger partial charge in [0, 0.05) is 32.0 Å². The van der Waals surface area contributed by atoms with Gasteiger partial charge in [-0.2, -0.15) is 0 Å². The van der Waals surface area contributed by atoms with Crippen LogP contribution in [0.2, 0.25) is 0 Å². The highest BCUT2D eigenvalue weighted by molar-refractivity contribution is 7.99. The van der Waals surface area contributed by atoms with Crippen LogP contribution < -0.4 is 5.32 Å². The van der Waals surface area contributed by atoms with E-state index in [2.05, 4.69) is 27.6 Å². The van der Waals surface area contributed by atoms with Crippen molar-refractivity contribution in [3.63, 3.8) is 0 Å². The zero-order chi connectivity index (χ0) is 20.6. The van der Waals surface area contributed by atoms with Crippen LogP contribution >= 0.6 is 11.8 Å². The molecule has 29 heavy (non-hydrogen) atoms. The highest BCUT2D eigenvalue weighted by Gasteiger charge is 2.17. The maximum Gasteiger partial charge on any atom is 0.216 e. The summed E-state index contributed by atoms with van der Waals surface area (Å²) >= 11 is 1.42. The van der Waals surface area contributed by atoms with Gasteiger partial charge in [-0.05, 0) is 31.2 Å². The number of amides is 1. The molecule has 0 bridgehead atoms. The van der Waals surface area contributed by atoms with E-state index in [4.69, 9.17) is 0 Å². The first-order valence-corrected chi connectivity index (χ1v) is 11.5. The molecule has 1 heterocycles. The second-order valence-corrected chi connectivity index (χ2v) is 8.49. The van der Waals surface area contributed by atoms with Crippen molar-refractivity contribution in [2.24, 2.45) is 0 Å². The van der Waals surface area contributed by atoms with Crippen LogP contribution in [0.15, 0.2) is 29.4 Å². The fraction of sp³-hybridized carbons (Fsp3) is 0.545. The lowest BCUT2D eigenvalue weighted by Gasteiger charge is -2.22. The van der Waals surface area contributed by atoms with E-state index in [0.29, 0.717) is 24.6 Å². The van der Waals surface area contributed by atoms with Crippen molar-refractivity contribution >= 4 is 23.5 Å². The minimum absolute atomic E-state index is 0.0535. The van der Waals surface area contributed by atoms with Crippen LogP contribution in [-0.4, -0.2) is 38.8 Å². The molecule has 1 fully saturated rings. The summed E-state index contributed by atoms with van der Waals surface area (Å²) < 4.78 is 2.01. The standard InChI is InChI=1S/C22H30N4O2S/c1-3-26-21(13-14-23-16(2)27)24-25-22(26)29-15-20(28)19-11-9-18(10-12-19)17-7-5-4-6-8-17/h9-12,17H,3-8,13-15H2,1-2H3,(H,23,27). The predicted molar refractivity (Wildman–Crippen MR) is 115 cm³/mol. The Labute approximate surface area is 176 Å². The summed E-state index contributed by atoms with van der Waals surface area (Å²) in [6, 6.07) is 8.19. The van der Waals surface area contributed by atoms with Gasteiger partial charge in [-0.1, -0.05) is 55.3 Å². The minimum atomic E-state index is -0.0535. The Hall–Kier alpha value is -2.15. The molecule has 2 aromatic rings. The molecule has 0 atom stereocenters. The van der Waals surface area contributed by atoms with Crippen LogP contribution in [0, 0.1) is 0 Å². The zero-order valence-electron chi connectivity index (χ0n) is 17.3. The Kier molecular flexibility index (Phi) is 7.86. The number of nitrogens with zero attached hydrogens (tertiary/aromatic N) is 3. The third kappa shape index (κ3) is 5.92. The Morgan fingerprint density at radius 3 is 2.52 bits per heavy atom. The lowest BCUT2D eigenvalue weighted by Crippen LogP contribution is -2.23. The largest absolute Gasteiger partial charge is 0.356 e. The SMILES string of the molecule is CCn1c(CCNC(C)=O)nnc1SCC(=O)c1ccc(C2CCCCC2)cc1. The predicted octanol–water partition coefficient (Wildman–Crippen LogP) is 4.00. The third-order valence-electron chi connectivity index (χ3n) is 5.47. The normalized spacial score (nSPS) is 14.7. The lowest BCUT2D eigenvalue weighted by molar-refractivity contribution is -0.118. The van der Waals surface area contributed by atoms with Crippen molar-refractivity contribution in [1.29, 1.82) is 0 Å². The van der Waals surface area contributed by atoms with Crippen molar-refractivity contribution in [3.8, 4) is 0 Å². The van der Waals surface area contributed by atoms with Crippen LogP contribution in [0.3, 0.4) is 0 Å². The van der Waals surface area contributed by atoms with Crippen LogP contribution in [0.4, 0.5) is 0 Å². The number of nitrogens with one attached hydrogen (secondary N) is 1. The van der Waals surface area contributed by atoms with E-state index in [1.165, 1.54) is 56.4 Å². The van der Waals surface area contributed by atoms with Gasteiger partial charge in [-0.25, -0.2) is 0 Å². The zero-order valence-corrected chi connectivity index (χ0v) is 18.1. The lowest BCUT2D eigenvalue weighted by atomic mass is 9.84. The number of benzene rings is 1. The molecule has 0 unspecified atom stereocenters. The molecule has 156 valence electrons. The first kappa shape index (κ1) is 21.6. The number of Topliss-reactive ketones (excluding diaryl/α,β-unsaturated/α-hetero) is 1. The minimum Gasteiger partial charge on any atom is -0.356 e. The van der Waals surface area contributed by atoms with Gasteiger partial charge in [-0.15, -0.1) is 10.2 Å². The smallest absolute Gasteiger partial charge is 0.216 e. The van der Waals surface area contributed by atoms with Crippen molar-refractivity contribution in [1.82, 2.24) is 20.1 Å². The molecule has 1 aromatic heterocycles. The topological polar surface area (TPSA) is 76.9 Å². The van der Waals surface area contributed by atoms with E-state index < -0.39 is 0 Å². The van der Waals surface area contributed by atoms with Crippen LogP contribution in [0.25, 0.3) is 0 Å². The van der Waals surface area contributed by atoms with E-state index >= 15 is 0 Å². The summed E-state index contributed by atoms with van der Waals surface area (Å²) in [5.74, 6) is 1.87. The van der Waals surface area contributed by atoms with Gasteiger partial charge < -0.3 is 9.88 Å². The molecular formula is C22H30N4O2S. The highest BCUT2D eigenvalue weighted by Crippen LogP contribution is 2.32. The van der Waals surface area contributed by atoms with Gasteiger partial charge in [0.2, 0.25) is 5.91 Å². The number of thioether (sulfide) groups is 1. The Morgan fingerprint density at radius 1 is 1.14 bits per heavy atom. The number of hydrogen-bond acceptors (Lipinski definition) is 5. The fourth-order valence-electron chi connectivity index (χ4n) is 3.87. The van der Waals surface area contributed by atoms with Crippen molar-refractivity contribution < 1.29 is 9.59 Å². The maximum absolute atomic E-state index is 12.6. The van der Waals surface area contributed by atoms with Crippen molar-refractivity contribution in [3.05, 3.63) is 41.2 Å². The summed E-state index contributed by atoms with van der Waals surface area (Å²) in [5, 5.41) is 12.0. The summed E-state index contributed by atoms with van der Waals surface area (Å²) in [5.41, 5.74) is 2.12. The molecule has 7 heteroatoms. The molecule has 0 spiro atoms. The van der Waals surface area contributed by atoms with E-state index in [-0.39, 0.29) is 11.7 Å². The summed E-state index contributed by atoms with van der Waals surface area (Å²) in [6.07, 6.45) is 7.12. The first-order chi connectivity index (χ1) is 14.1. The second kappa shape index (κ2) is 10.6. The monoisotopic (exact) mass is 414 g/mol. The number of hydrogen-bond donors (Lipinski definition) is 1. The molecule has 1 aliphatic carbocycles. The first-order valence-electron chi connectivity index (χ1n) is 10.5. The third-order valence-corrected chi connectivity index (χ3v) is 6.44. The van der Waals surface area contributed by atoms with Gasteiger partial charge in [0.1, 0.15) is 5.82 Å². The van der Waals surface area contributed by atoms with Crippen LogP contribution in [0.5, 0.6) is 0 Å². The number of carbonyl (C=O) groups is 2.